The van der Waals surface area contributed by atoms with E-state index in [0.29, 0.717) is 18.8 Å². The van der Waals surface area contributed by atoms with E-state index in [-0.39, 0.29) is 5.97 Å². The highest BCUT2D eigenvalue weighted by molar-refractivity contribution is 5.97. The molecule has 0 N–H and O–H groups in total. The number of aromatic nitrogens is 2. The van der Waals surface area contributed by atoms with E-state index in [4.69, 9.17) is 9.72 Å². The van der Waals surface area contributed by atoms with Crippen LogP contribution in [0.4, 0.5) is 0 Å². The number of hydrogen-bond acceptors (Lipinski definition) is 4. The minimum absolute atomic E-state index is 0.297. The molecule has 0 spiro atoms. The minimum atomic E-state index is -0.297. The number of nitrogens with zero attached hydrogens (tertiary/aromatic N) is 3. The van der Waals surface area contributed by atoms with Gasteiger partial charge in [0.05, 0.1) is 12.3 Å². The molecule has 0 amide bonds. The SMILES string of the molecule is CCOC(=O)c1c(CN2CCCC2)nc2c3ccccc3ccn12. The monoisotopic (exact) mass is 323 g/mol. The summed E-state index contributed by atoms with van der Waals surface area (Å²) in [4.78, 5) is 19.7. The van der Waals surface area contributed by atoms with Crippen molar-refractivity contribution < 1.29 is 9.53 Å². The predicted octanol–water partition coefficient (Wildman–Crippen LogP) is 3.26. The Morgan fingerprint density at radius 2 is 2.00 bits per heavy atom. The van der Waals surface area contributed by atoms with Gasteiger partial charge in [0.2, 0.25) is 0 Å². The molecule has 124 valence electrons. The van der Waals surface area contributed by atoms with Crippen molar-refractivity contribution in [1.29, 1.82) is 0 Å². The molecule has 0 radical (unpaired) electrons. The van der Waals surface area contributed by atoms with Crippen molar-refractivity contribution in [3.63, 3.8) is 0 Å². The van der Waals surface area contributed by atoms with E-state index in [2.05, 4.69) is 11.0 Å². The van der Waals surface area contributed by atoms with E-state index < -0.39 is 0 Å². The van der Waals surface area contributed by atoms with Crippen LogP contribution in [0, 0.1) is 0 Å². The average molecular weight is 323 g/mol. The van der Waals surface area contributed by atoms with Crippen molar-refractivity contribution in [1.82, 2.24) is 14.3 Å². The Labute approximate surface area is 140 Å². The smallest absolute Gasteiger partial charge is 0.357 e. The van der Waals surface area contributed by atoms with Crippen LogP contribution in [0.15, 0.2) is 36.5 Å². The van der Waals surface area contributed by atoms with Crippen molar-refractivity contribution in [2.75, 3.05) is 19.7 Å². The zero-order valence-electron chi connectivity index (χ0n) is 13.9. The van der Waals surface area contributed by atoms with Crippen LogP contribution >= 0.6 is 0 Å². The second-order valence-corrected chi connectivity index (χ2v) is 6.21. The summed E-state index contributed by atoms with van der Waals surface area (Å²) >= 11 is 0. The Morgan fingerprint density at radius 1 is 1.21 bits per heavy atom. The summed E-state index contributed by atoms with van der Waals surface area (Å²) in [5.74, 6) is -0.297. The molecule has 5 heteroatoms. The normalized spacial score (nSPS) is 15.4. The van der Waals surface area contributed by atoms with Gasteiger partial charge in [-0.15, -0.1) is 0 Å². The van der Waals surface area contributed by atoms with E-state index in [1.807, 2.05) is 41.8 Å². The van der Waals surface area contributed by atoms with Crippen molar-refractivity contribution in [2.24, 2.45) is 0 Å². The van der Waals surface area contributed by atoms with E-state index in [0.717, 1.165) is 35.2 Å². The van der Waals surface area contributed by atoms with Crippen molar-refractivity contribution >= 4 is 22.4 Å². The second-order valence-electron chi connectivity index (χ2n) is 6.21. The third-order valence-electron chi connectivity index (χ3n) is 4.63. The van der Waals surface area contributed by atoms with Gasteiger partial charge in [0, 0.05) is 18.1 Å². The van der Waals surface area contributed by atoms with Crippen LogP contribution in [0.3, 0.4) is 0 Å². The number of rotatable bonds is 4. The molecule has 24 heavy (non-hydrogen) atoms. The fourth-order valence-corrected chi connectivity index (χ4v) is 3.49. The lowest BCUT2D eigenvalue weighted by atomic mass is 10.2. The summed E-state index contributed by atoms with van der Waals surface area (Å²) in [7, 11) is 0. The second kappa shape index (κ2) is 6.24. The van der Waals surface area contributed by atoms with Crippen molar-refractivity contribution in [3.05, 3.63) is 47.9 Å². The minimum Gasteiger partial charge on any atom is -0.461 e. The lowest BCUT2D eigenvalue weighted by Gasteiger charge is -2.13. The highest BCUT2D eigenvalue weighted by atomic mass is 16.5. The van der Waals surface area contributed by atoms with Gasteiger partial charge in [-0.2, -0.15) is 0 Å². The quantitative estimate of drug-likeness (QED) is 0.692. The zero-order chi connectivity index (χ0) is 16.5. The van der Waals surface area contributed by atoms with Crippen LogP contribution < -0.4 is 0 Å². The van der Waals surface area contributed by atoms with E-state index >= 15 is 0 Å². The first-order chi connectivity index (χ1) is 11.8. The van der Waals surface area contributed by atoms with E-state index in [9.17, 15) is 4.79 Å². The number of carbonyl (C=O) groups is 1. The maximum atomic E-state index is 12.5. The topological polar surface area (TPSA) is 46.8 Å². The van der Waals surface area contributed by atoms with Crippen molar-refractivity contribution in [2.45, 2.75) is 26.3 Å². The van der Waals surface area contributed by atoms with Gasteiger partial charge in [0.25, 0.3) is 0 Å². The fourth-order valence-electron chi connectivity index (χ4n) is 3.49. The molecule has 1 aliphatic rings. The first kappa shape index (κ1) is 15.1. The zero-order valence-corrected chi connectivity index (χ0v) is 13.9. The fraction of sp³-hybridized carbons (Fsp3) is 0.368. The van der Waals surface area contributed by atoms with Gasteiger partial charge in [-0.1, -0.05) is 24.3 Å². The summed E-state index contributed by atoms with van der Waals surface area (Å²) < 4.78 is 7.17. The molecule has 3 heterocycles. The van der Waals surface area contributed by atoms with Gasteiger partial charge in [-0.3, -0.25) is 9.30 Å². The highest BCUT2D eigenvalue weighted by Crippen LogP contribution is 2.24. The molecule has 0 unspecified atom stereocenters. The lowest BCUT2D eigenvalue weighted by molar-refractivity contribution is 0.0515. The molecular weight excluding hydrogens is 302 g/mol. The van der Waals surface area contributed by atoms with Crippen LogP contribution in [0.25, 0.3) is 16.4 Å². The standard InChI is InChI=1S/C19H21N3O2/c1-2-24-19(23)17-16(13-21-10-5-6-11-21)20-18-15-8-4-3-7-14(15)9-12-22(17)18/h3-4,7-9,12H,2,5-6,10-11,13H2,1H3. The van der Waals surface area contributed by atoms with Crippen LogP contribution in [0.5, 0.6) is 0 Å². The third-order valence-corrected chi connectivity index (χ3v) is 4.63. The molecule has 1 aromatic carbocycles. The maximum absolute atomic E-state index is 12.5. The molecule has 3 aromatic rings. The number of pyridine rings is 1. The van der Waals surface area contributed by atoms with Gasteiger partial charge in [-0.05, 0) is 44.3 Å². The first-order valence-electron chi connectivity index (χ1n) is 8.56. The maximum Gasteiger partial charge on any atom is 0.357 e. The Hall–Kier alpha value is -2.40. The van der Waals surface area contributed by atoms with E-state index in [1.54, 1.807) is 0 Å². The van der Waals surface area contributed by atoms with Gasteiger partial charge >= 0.3 is 5.97 Å². The molecule has 0 aliphatic carbocycles. The van der Waals surface area contributed by atoms with Crippen LogP contribution in [0.1, 0.15) is 35.9 Å². The number of carbonyl (C=O) groups excluding carboxylic acids is 1. The molecule has 0 bridgehead atoms. The number of esters is 1. The molecule has 2 aromatic heterocycles. The van der Waals surface area contributed by atoms with Gasteiger partial charge in [0.1, 0.15) is 5.65 Å². The van der Waals surface area contributed by atoms with Crippen molar-refractivity contribution in [3.8, 4) is 0 Å². The van der Waals surface area contributed by atoms with Gasteiger partial charge in [0.15, 0.2) is 5.69 Å². The number of benzene rings is 1. The van der Waals surface area contributed by atoms with E-state index in [1.165, 1.54) is 12.8 Å². The van der Waals surface area contributed by atoms with Crippen LogP contribution in [-0.2, 0) is 11.3 Å². The molecule has 4 rings (SSSR count). The molecule has 1 fully saturated rings. The summed E-state index contributed by atoms with van der Waals surface area (Å²) in [6, 6.07) is 10.1. The first-order valence-corrected chi connectivity index (χ1v) is 8.56. The molecule has 5 nitrogen and oxygen atoms in total. The Balaban J connectivity index is 1.89. The molecule has 0 atom stereocenters. The Morgan fingerprint density at radius 3 is 2.79 bits per heavy atom. The third kappa shape index (κ3) is 2.55. The molecule has 0 saturated carbocycles. The number of hydrogen-bond donors (Lipinski definition) is 0. The largest absolute Gasteiger partial charge is 0.461 e. The number of imidazole rings is 1. The van der Waals surface area contributed by atoms with Gasteiger partial charge < -0.3 is 4.74 Å². The number of ether oxygens (including phenoxy) is 1. The molecule has 1 aliphatic heterocycles. The summed E-state index contributed by atoms with van der Waals surface area (Å²) in [6.45, 7) is 5.03. The Kier molecular flexibility index (Phi) is 3.94. The summed E-state index contributed by atoms with van der Waals surface area (Å²) in [5.41, 5.74) is 2.20. The summed E-state index contributed by atoms with van der Waals surface area (Å²) in [5, 5.41) is 2.18. The summed E-state index contributed by atoms with van der Waals surface area (Å²) in [6.07, 6.45) is 4.35. The van der Waals surface area contributed by atoms with Gasteiger partial charge in [-0.25, -0.2) is 9.78 Å². The Bertz CT molecular complexity index is 894. The molecular formula is C19H21N3O2. The molecule has 1 saturated heterocycles. The number of fused-ring (bicyclic) bond motifs is 3. The number of likely N-dealkylation sites (tertiary alicyclic amines) is 1. The predicted molar refractivity (Wildman–Crippen MR) is 93.2 cm³/mol. The average Bonchev–Trinajstić information content (AvgIpc) is 3.22. The highest BCUT2D eigenvalue weighted by Gasteiger charge is 2.24. The van der Waals surface area contributed by atoms with Crippen LogP contribution in [-0.4, -0.2) is 40.0 Å². The lowest BCUT2D eigenvalue weighted by Crippen LogP contribution is -2.21. The van der Waals surface area contributed by atoms with Crippen LogP contribution in [0.2, 0.25) is 0 Å².